The molecular weight excluding hydrogens is 595 g/mol. The van der Waals surface area contributed by atoms with Gasteiger partial charge in [0.25, 0.3) is 0 Å². The maximum atomic E-state index is 14.4. The third kappa shape index (κ3) is 9.69. The molecule has 0 saturated heterocycles. The number of unbranched alkanes of at least 4 members (excludes halogenated alkanes) is 2. The summed E-state index contributed by atoms with van der Waals surface area (Å²) >= 11 is 6.05. The zero-order valence-electron chi connectivity index (χ0n) is 26.4. The van der Waals surface area contributed by atoms with Crippen LogP contribution in [0.2, 0.25) is 5.02 Å². The summed E-state index contributed by atoms with van der Waals surface area (Å²) in [6.07, 6.45) is 8.12. The number of pyridine rings is 1. The van der Waals surface area contributed by atoms with Crippen LogP contribution in [0.5, 0.6) is 5.75 Å². The number of ether oxygens (including phenoxy) is 2. The van der Waals surface area contributed by atoms with Crippen LogP contribution in [-0.4, -0.2) is 32.7 Å². The van der Waals surface area contributed by atoms with Crippen LogP contribution in [0.15, 0.2) is 60.9 Å². The van der Waals surface area contributed by atoms with E-state index in [1.807, 2.05) is 46.8 Å². The first kappa shape index (κ1) is 33.8. The lowest BCUT2D eigenvalue weighted by molar-refractivity contribution is -0.160. The zero-order chi connectivity index (χ0) is 32.6. The summed E-state index contributed by atoms with van der Waals surface area (Å²) in [5.74, 6) is -0.835. The number of esters is 2. The smallest absolute Gasteiger partial charge is 0.314 e. The van der Waals surface area contributed by atoms with E-state index in [2.05, 4.69) is 20.5 Å². The molecule has 0 aliphatic rings. The second kappa shape index (κ2) is 15.3. The van der Waals surface area contributed by atoms with Gasteiger partial charge in [-0.2, -0.15) is 10.2 Å². The first-order chi connectivity index (χ1) is 21.4. The fraction of sp³-hybridized carbons (Fsp3) is 0.400. The second-order valence-corrected chi connectivity index (χ2v) is 12.7. The monoisotopic (exact) mass is 634 g/mol. The number of rotatable bonds is 13. The van der Waals surface area contributed by atoms with Crippen LogP contribution in [0, 0.1) is 17.7 Å². The first-order valence-corrected chi connectivity index (χ1v) is 15.7. The second-order valence-electron chi connectivity index (χ2n) is 12.2. The minimum absolute atomic E-state index is 0.0961. The van der Waals surface area contributed by atoms with Crippen LogP contribution in [0.3, 0.4) is 0 Å². The van der Waals surface area contributed by atoms with Crippen LogP contribution in [-0.2, 0) is 14.3 Å². The summed E-state index contributed by atoms with van der Waals surface area (Å²) in [6, 6.07) is 13.1. The highest BCUT2D eigenvalue weighted by Gasteiger charge is 2.23. The Morgan fingerprint density at radius 3 is 2.53 bits per heavy atom. The maximum Gasteiger partial charge on any atom is 0.314 e. The van der Waals surface area contributed by atoms with E-state index in [1.165, 1.54) is 18.2 Å². The Morgan fingerprint density at radius 1 is 1.00 bits per heavy atom. The Morgan fingerprint density at radius 2 is 1.78 bits per heavy atom. The molecule has 2 unspecified atom stereocenters. The quantitative estimate of drug-likeness (QED) is 0.0882. The molecule has 10 heteroatoms. The van der Waals surface area contributed by atoms with Crippen LogP contribution in [0.4, 0.5) is 15.8 Å². The molecule has 0 aliphatic carbocycles. The lowest BCUT2D eigenvalue weighted by Gasteiger charge is -2.23. The van der Waals surface area contributed by atoms with Gasteiger partial charge in [-0.15, -0.1) is 0 Å². The third-order valence-corrected chi connectivity index (χ3v) is 7.63. The average molecular weight is 635 g/mol. The van der Waals surface area contributed by atoms with E-state index < -0.39 is 11.4 Å². The van der Waals surface area contributed by atoms with Crippen molar-refractivity contribution in [3.63, 3.8) is 0 Å². The van der Waals surface area contributed by atoms with E-state index in [-0.39, 0.29) is 29.3 Å². The highest BCUT2D eigenvalue weighted by atomic mass is 35.5. The Balaban J connectivity index is 1.32. The van der Waals surface area contributed by atoms with Crippen molar-refractivity contribution in [3.05, 3.63) is 71.8 Å². The molecule has 0 spiro atoms. The van der Waals surface area contributed by atoms with Gasteiger partial charge in [-0.1, -0.05) is 44.7 Å². The van der Waals surface area contributed by atoms with Crippen molar-refractivity contribution in [2.75, 3.05) is 5.32 Å². The van der Waals surface area contributed by atoms with Crippen LogP contribution >= 0.6 is 11.6 Å². The maximum absolute atomic E-state index is 14.4. The third-order valence-electron chi connectivity index (χ3n) is 7.40. The van der Waals surface area contributed by atoms with E-state index in [0.29, 0.717) is 34.1 Å². The molecule has 4 aromatic rings. The van der Waals surface area contributed by atoms with Crippen molar-refractivity contribution in [3.8, 4) is 17.0 Å². The average Bonchev–Trinajstić information content (AvgIpc) is 2.99. The Labute approximate surface area is 268 Å². The van der Waals surface area contributed by atoms with Crippen molar-refractivity contribution in [2.45, 2.75) is 78.7 Å². The van der Waals surface area contributed by atoms with Gasteiger partial charge in [0.1, 0.15) is 17.2 Å². The molecule has 2 aromatic carbocycles. The fourth-order valence-electron chi connectivity index (χ4n) is 4.94. The summed E-state index contributed by atoms with van der Waals surface area (Å²) < 4.78 is 25.6. The molecule has 0 amide bonds. The van der Waals surface area contributed by atoms with Crippen LogP contribution in [0.1, 0.15) is 73.1 Å². The number of halogens is 2. The molecule has 8 nitrogen and oxygen atoms in total. The predicted octanol–water partition coefficient (Wildman–Crippen LogP) is 9.09. The molecule has 0 saturated carbocycles. The number of nitrogens with one attached hydrogen (secondary N) is 1. The summed E-state index contributed by atoms with van der Waals surface area (Å²) in [6.45, 7) is 9.52. The van der Waals surface area contributed by atoms with Gasteiger partial charge in [0.2, 0.25) is 0 Å². The van der Waals surface area contributed by atoms with E-state index in [4.69, 9.17) is 21.1 Å². The summed E-state index contributed by atoms with van der Waals surface area (Å²) in [5.41, 5.74) is 2.09. The number of benzene rings is 2. The number of carbonyl (C=O) groups excluding carboxylic acids is 2. The molecule has 4 rings (SSSR count). The molecule has 0 radical (unpaired) electrons. The van der Waals surface area contributed by atoms with Gasteiger partial charge in [0.15, 0.2) is 0 Å². The van der Waals surface area contributed by atoms with Gasteiger partial charge in [-0.25, -0.2) is 4.39 Å². The van der Waals surface area contributed by atoms with Gasteiger partial charge >= 0.3 is 11.9 Å². The van der Waals surface area contributed by atoms with Crippen LogP contribution < -0.4 is 10.1 Å². The van der Waals surface area contributed by atoms with Crippen LogP contribution in [0.25, 0.3) is 22.2 Å². The fourth-order valence-corrected chi connectivity index (χ4v) is 5.11. The van der Waals surface area contributed by atoms with Gasteiger partial charge in [0, 0.05) is 33.9 Å². The standard InChI is InChI=1S/C35H40ClFN4O4/c1-6-23(34(43)45-35(3,4)5)11-9-7-8-10-22(2)33(42)44-26-13-14-27-30(16-17-38-31(27)20-26)40-25-19-32(41-39-21-25)28-18-24(36)12-15-29(28)37/h12-23H,6-11H2,1-5H3,(H,38,40,41). The van der Waals surface area contributed by atoms with Crippen molar-refractivity contribution >= 4 is 45.8 Å². The zero-order valence-corrected chi connectivity index (χ0v) is 27.2. The Bertz CT molecular complexity index is 1640. The number of hydrogen-bond acceptors (Lipinski definition) is 8. The lowest BCUT2D eigenvalue weighted by Crippen LogP contribution is -2.28. The summed E-state index contributed by atoms with van der Waals surface area (Å²) in [5, 5.41) is 12.6. The van der Waals surface area contributed by atoms with E-state index >= 15 is 0 Å². The highest BCUT2D eigenvalue weighted by molar-refractivity contribution is 6.30. The molecule has 2 heterocycles. The molecule has 1 N–H and O–H groups in total. The molecule has 238 valence electrons. The van der Waals surface area contributed by atoms with E-state index in [1.54, 1.807) is 30.6 Å². The highest BCUT2D eigenvalue weighted by Crippen LogP contribution is 2.31. The van der Waals surface area contributed by atoms with Crippen molar-refractivity contribution in [2.24, 2.45) is 11.8 Å². The van der Waals surface area contributed by atoms with Crippen molar-refractivity contribution < 1.29 is 23.5 Å². The number of nitrogens with zero attached hydrogens (tertiary/aromatic N) is 3. The molecule has 0 bridgehead atoms. The van der Waals surface area contributed by atoms with E-state index in [9.17, 15) is 14.0 Å². The van der Waals surface area contributed by atoms with E-state index in [0.717, 1.165) is 43.2 Å². The predicted molar refractivity (Wildman–Crippen MR) is 175 cm³/mol. The minimum Gasteiger partial charge on any atom is -0.460 e. The number of aromatic nitrogens is 3. The summed E-state index contributed by atoms with van der Waals surface area (Å²) in [7, 11) is 0. The lowest BCUT2D eigenvalue weighted by atomic mass is 9.96. The molecular formula is C35H40ClFN4O4. The Hall–Kier alpha value is -4.11. The largest absolute Gasteiger partial charge is 0.460 e. The Kier molecular flexibility index (Phi) is 11.4. The molecule has 45 heavy (non-hydrogen) atoms. The van der Waals surface area contributed by atoms with Gasteiger partial charge in [0.05, 0.1) is 34.9 Å². The number of anilines is 2. The molecule has 0 fully saturated rings. The minimum atomic E-state index is -0.482. The van der Waals surface area contributed by atoms with Gasteiger partial charge in [-0.3, -0.25) is 14.6 Å². The SMILES string of the molecule is CCC(CCCCCC(C)C(=O)Oc1ccc2c(Nc3cnnc(-c4cc(Cl)ccc4F)c3)ccnc2c1)C(=O)OC(C)(C)C. The summed E-state index contributed by atoms with van der Waals surface area (Å²) in [4.78, 5) is 29.7. The van der Waals surface area contributed by atoms with Gasteiger partial charge < -0.3 is 14.8 Å². The molecule has 2 atom stereocenters. The normalized spacial score (nSPS) is 12.9. The number of hydrogen-bond donors (Lipinski definition) is 1. The number of carbonyl (C=O) groups is 2. The van der Waals surface area contributed by atoms with Crippen molar-refractivity contribution in [1.82, 2.24) is 15.2 Å². The molecule has 0 aliphatic heterocycles. The van der Waals surface area contributed by atoms with Crippen molar-refractivity contribution in [1.29, 1.82) is 0 Å². The molecule has 2 aromatic heterocycles. The topological polar surface area (TPSA) is 103 Å². The number of fused-ring (bicyclic) bond motifs is 1. The first-order valence-electron chi connectivity index (χ1n) is 15.3. The van der Waals surface area contributed by atoms with Gasteiger partial charge in [-0.05, 0) is 82.5 Å².